The van der Waals surface area contributed by atoms with Crippen molar-refractivity contribution in [3.63, 3.8) is 0 Å². The number of nitrogens with two attached hydrogens (primary N) is 1. The first-order valence-electron chi connectivity index (χ1n) is 12.6. The summed E-state index contributed by atoms with van der Waals surface area (Å²) < 4.78 is 16.5. The standard InChI is InChI=1S/C27H30FN9/c1-35(2)20-12-13-36(16-20)23-11-10-19(15-22(23)28)30-27-31-26(29)37(34-27)24-14-18-8-5-7-17-6-3-4-9-21(17)25(18)33-32-24/h3-4,6,9-11,14-15,20H,5,7-8,12-13,16H2,1-2H3,(H3,29,30,31,34)/t20-/m1/s1. The normalized spacial score (nSPS) is 17.0. The Bertz CT molecular complexity index is 1450. The molecule has 37 heavy (non-hydrogen) atoms. The van der Waals surface area contributed by atoms with Crippen LogP contribution < -0.4 is 16.0 Å². The minimum absolute atomic E-state index is 0.176. The van der Waals surface area contributed by atoms with Crippen molar-refractivity contribution in [3.8, 4) is 17.1 Å². The van der Waals surface area contributed by atoms with Gasteiger partial charge in [0.1, 0.15) is 5.82 Å². The van der Waals surface area contributed by atoms with Crippen molar-refractivity contribution in [2.24, 2.45) is 0 Å². The highest BCUT2D eigenvalue weighted by molar-refractivity contribution is 5.68. The predicted molar refractivity (Wildman–Crippen MR) is 143 cm³/mol. The van der Waals surface area contributed by atoms with Gasteiger partial charge in [0, 0.05) is 30.4 Å². The number of rotatable bonds is 5. The molecule has 0 spiro atoms. The largest absolute Gasteiger partial charge is 0.368 e. The average Bonchev–Trinajstić information content (AvgIpc) is 3.47. The van der Waals surface area contributed by atoms with E-state index in [1.54, 1.807) is 6.07 Å². The summed E-state index contributed by atoms with van der Waals surface area (Å²) in [5.41, 5.74) is 11.8. The summed E-state index contributed by atoms with van der Waals surface area (Å²) in [6.07, 6.45) is 3.95. The Kier molecular flexibility index (Phi) is 5.96. The van der Waals surface area contributed by atoms with E-state index in [1.165, 1.54) is 16.3 Å². The first-order valence-corrected chi connectivity index (χ1v) is 12.6. The number of nitrogens with zero attached hydrogens (tertiary/aromatic N) is 7. The van der Waals surface area contributed by atoms with E-state index in [0.717, 1.165) is 55.6 Å². The number of hydrogen-bond donors (Lipinski definition) is 2. The Balaban J connectivity index is 1.22. The Morgan fingerprint density at radius 1 is 1.05 bits per heavy atom. The van der Waals surface area contributed by atoms with E-state index in [4.69, 9.17) is 5.73 Å². The number of benzene rings is 2. The van der Waals surface area contributed by atoms with E-state index in [2.05, 4.69) is 67.7 Å². The van der Waals surface area contributed by atoms with E-state index in [9.17, 15) is 4.39 Å². The van der Waals surface area contributed by atoms with Crippen molar-refractivity contribution < 1.29 is 4.39 Å². The van der Waals surface area contributed by atoms with E-state index >= 15 is 0 Å². The van der Waals surface area contributed by atoms with Gasteiger partial charge in [0.2, 0.25) is 11.9 Å². The molecule has 1 fully saturated rings. The molecule has 1 atom stereocenters. The maximum Gasteiger partial charge on any atom is 0.248 e. The van der Waals surface area contributed by atoms with Crippen LogP contribution >= 0.6 is 0 Å². The molecule has 0 unspecified atom stereocenters. The maximum absolute atomic E-state index is 15.0. The van der Waals surface area contributed by atoms with Crippen LogP contribution in [0.4, 0.5) is 27.7 Å². The molecule has 1 aliphatic heterocycles. The number of likely N-dealkylation sites (N-methyl/N-ethyl adjacent to an activating group) is 1. The van der Waals surface area contributed by atoms with Gasteiger partial charge in [0.15, 0.2) is 5.82 Å². The van der Waals surface area contributed by atoms with Gasteiger partial charge in [-0.3, -0.25) is 0 Å². The fourth-order valence-electron chi connectivity index (χ4n) is 5.28. The molecule has 2 aliphatic rings. The van der Waals surface area contributed by atoms with Crippen LogP contribution in [-0.4, -0.2) is 63.1 Å². The molecule has 2 aromatic heterocycles. The molecule has 190 valence electrons. The van der Waals surface area contributed by atoms with E-state index in [-0.39, 0.29) is 17.7 Å². The molecule has 3 heterocycles. The monoisotopic (exact) mass is 499 g/mol. The molecular formula is C27H30FN9. The number of anilines is 4. The number of nitrogens with one attached hydrogen (secondary N) is 1. The van der Waals surface area contributed by atoms with Gasteiger partial charge in [-0.05, 0) is 75.2 Å². The lowest BCUT2D eigenvalue weighted by molar-refractivity contribution is 0.315. The van der Waals surface area contributed by atoms with Gasteiger partial charge in [-0.2, -0.15) is 9.67 Å². The van der Waals surface area contributed by atoms with Crippen molar-refractivity contribution in [1.29, 1.82) is 0 Å². The topological polar surface area (TPSA) is 101 Å². The first-order chi connectivity index (χ1) is 18.0. The second kappa shape index (κ2) is 9.44. The Morgan fingerprint density at radius 3 is 2.70 bits per heavy atom. The van der Waals surface area contributed by atoms with E-state index in [1.807, 2.05) is 18.2 Å². The summed E-state index contributed by atoms with van der Waals surface area (Å²) in [5.74, 6) is 0.658. The molecule has 10 heteroatoms. The third-order valence-corrected chi connectivity index (χ3v) is 7.31. The lowest BCUT2D eigenvalue weighted by Crippen LogP contribution is -2.31. The van der Waals surface area contributed by atoms with Crippen molar-refractivity contribution in [1.82, 2.24) is 29.9 Å². The van der Waals surface area contributed by atoms with Crippen LogP contribution in [-0.2, 0) is 12.8 Å². The fourth-order valence-corrected chi connectivity index (χ4v) is 5.28. The summed E-state index contributed by atoms with van der Waals surface area (Å²) in [4.78, 5) is 8.60. The molecule has 4 aromatic rings. The third-order valence-electron chi connectivity index (χ3n) is 7.31. The highest BCUT2D eigenvalue weighted by Gasteiger charge is 2.26. The average molecular weight is 500 g/mol. The molecule has 3 N–H and O–H groups in total. The molecule has 1 aliphatic carbocycles. The number of halogens is 1. The van der Waals surface area contributed by atoms with Crippen molar-refractivity contribution in [3.05, 3.63) is 65.5 Å². The summed E-state index contributed by atoms with van der Waals surface area (Å²) >= 11 is 0. The Morgan fingerprint density at radius 2 is 1.89 bits per heavy atom. The van der Waals surface area contributed by atoms with Crippen LogP contribution in [0.3, 0.4) is 0 Å². The zero-order valence-corrected chi connectivity index (χ0v) is 21.0. The number of aryl methyl sites for hydroxylation is 2. The summed E-state index contributed by atoms with van der Waals surface area (Å²) in [6.45, 7) is 1.65. The second-order valence-electron chi connectivity index (χ2n) is 9.94. The molecule has 0 radical (unpaired) electrons. The Hall–Kier alpha value is -4.05. The van der Waals surface area contributed by atoms with Crippen LogP contribution in [0.1, 0.15) is 24.0 Å². The quantitative estimate of drug-likeness (QED) is 0.428. The molecule has 1 saturated heterocycles. The highest BCUT2D eigenvalue weighted by atomic mass is 19.1. The highest BCUT2D eigenvalue weighted by Crippen LogP contribution is 2.32. The molecule has 0 amide bonds. The van der Waals surface area contributed by atoms with Gasteiger partial charge in [-0.25, -0.2) is 4.39 Å². The van der Waals surface area contributed by atoms with E-state index < -0.39 is 0 Å². The van der Waals surface area contributed by atoms with Gasteiger partial charge in [0.25, 0.3) is 0 Å². The zero-order chi connectivity index (χ0) is 25.5. The zero-order valence-electron chi connectivity index (χ0n) is 21.0. The molecule has 2 aromatic carbocycles. The van der Waals surface area contributed by atoms with Crippen LogP contribution in [0.25, 0.3) is 17.1 Å². The van der Waals surface area contributed by atoms with Crippen LogP contribution in [0.2, 0.25) is 0 Å². The number of hydrogen-bond acceptors (Lipinski definition) is 8. The van der Waals surface area contributed by atoms with Crippen LogP contribution in [0, 0.1) is 5.82 Å². The molecule has 6 rings (SSSR count). The van der Waals surface area contributed by atoms with Gasteiger partial charge in [0.05, 0.1) is 11.4 Å². The van der Waals surface area contributed by atoms with Gasteiger partial charge in [-0.15, -0.1) is 15.3 Å². The number of fused-ring (bicyclic) bond motifs is 3. The first kappa shape index (κ1) is 23.4. The van der Waals surface area contributed by atoms with Gasteiger partial charge >= 0.3 is 0 Å². The third kappa shape index (κ3) is 4.48. The SMILES string of the molecule is CN(C)[C@@H]1CCN(c2ccc(Nc3nc(N)n(-c4cc5c(nn4)-c4ccccc4CCC5)n3)cc2F)C1. The number of aromatic nitrogens is 5. The van der Waals surface area contributed by atoms with Crippen LogP contribution in [0.5, 0.6) is 0 Å². The lowest BCUT2D eigenvalue weighted by Gasteiger charge is -2.22. The smallest absolute Gasteiger partial charge is 0.248 e. The Labute approximate surface area is 215 Å². The summed E-state index contributed by atoms with van der Waals surface area (Å²) in [7, 11) is 4.12. The molecule has 0 bridgehead atoms. The second-order valence-corrected chi connectivity index (χ2v) is 9.94. The minimum Gasteiger partial charge on any atom is -0.368 e. The fraction of sp³-hybridized carbons (Fsp3) is 0.333. The van der Waals surface area contributed by atoms with Gasteiger partial charge < -0.3 is 20.9 Å². The summed E-state index contributed by atoms with van der Waals surface area (Å²) in [6, 6.07) is 15.8. The maximum atomic E-state index is 15.0. The molecule has 9 nitrogen and oxygen atoms in total. The van der Waals surface area contributed by atoms with Crippen LogP contribution in [0.15, 0.2) is 48.5 Å². The predicted octanol–water partition coefficient (Wildman–Crippen LogP) is 3.82. The minimum atomic E-state index is -0.284. The van der Waals surface area contributed by atoms with E-state index in [0.29, 0.717) is 23.2 Å². The molecule has 0 saturated carbocycles. The van der Waals surface area contributed by atoms with Gasteiger partial charge in [-0.1, -0.05) is 24.3 Å². The van der Waals surface area contributed by atoms with Crippen molar-refractivity contribution in [2.75, 3.05) is 43.1 Å². The summed E-state index contributed by atoms with van der Waals surface area (Å²) in [5, 5.41) is 16.5. The molecular weight excluding hydrogens is 469 g/mol. The number of nitrogen functional groups attached to an aromatic ring is 1. The lowest BCUT2D eigenvalue weighted by atomic mass is 10.0. The van der Waals surface area contributed by atoms with Crippen molar-refractivity contribution >= 4 is 23.3 Å². The van der Waals surface area contributed by atoms with Crippen molar-refractivity contribution in [2.45, 2.75) is 31.7 Å².